The SMILES string of the molecule is c1ccc(-c2ccc(-c3ccc(N(c4cc(-c5nc(-c6ccccc6)nc(-c6ccccc6)n5)c5c(c4)-c4cccc6cccc-5c46)c4ccccc4-c4ccccc4)cc3)cc2)cc1. The molecule has 12 rings (SSSR count). The summed E-state index contributed by atoms with van der Waals surface area (Å²) in [6.07, 6.45) is 0. The van der Waals surface area contributed by atoms with Crippen molar-refractivity contribution in [1.82, 2.24) is 15.0 Å². The zero-order valence-electron chi connectivity index (χ0n) is 35.4. The normalized spacial score (nSPS) is 11.4. The second-order valence-corrected chi connectivity index (χ2v) is 16.4. The number of anilines is 3. The molecule has 4 heteroatoms. The summed E-state index contributed by atoms with van der Waals surface area (Å²) in [5.74, 6) is 1.87. The Hall–Kier alpha value is -8.73. The Labute approximate surface area is 378 Å². The van der Waals surface area contributed by atoms with Crippen LogP contribution in [0.5, 0.6) is 0 Å². The van der Waals surface area contributed by atoms with Gasteiger partial charge in [0.25, 0.3) is 0 Å². The summed E-state index contributed by atoms with van der Waals surface area (Å²) in [6, 6.07) is 86.0. The predicted octanol–water partition coefficient (Wildman–Crippen LogP) is 16.1. The number of nitrogens with zero attached hydrogens (tertiary/aromatic N) is 4. The summed E-state index contributed by atoms with van der Waals surface area (Å²) in [6.45, 7) is 0. The third-order valence-electron chi connectivity index (χ3n) is 12.5. The first kappa shape index (κ1) is 38.0. The molecule has 1 aliphatic rings. The van der Waals surface area contributed by atoms with Crippen molar-refractivity contribution >= 4 is 27.8 Å². The minimum absolute atomic E-state index is 0.617. The maximum Gasteiger partial charge on any atom is 0.164 e. The van der Waals surface area contributed by atoms with Gasteiger partial charge in [-0.2, -0.15) is 0 Å². The highest BCUT2D eigenvalue weighted by atomic mass is 15.1. The van der Waals surface area contributed by atoms with Crippen molar-refractivity contribution in [1.29, 1.82) is 0 Å². The van der Waals surface area contributed by atoms with Gasteiger partial charge in [-0.15, -0.1) is 0 Å². The van der Waals surface area contributed by atoms with Gasteiger partial charge in [0.2, 0.25) is 0 Å². The largest absolute Gasteiger partial charge is 0.310 e. The third-order valence-corrected chi connectivity index (χ3v) is 12.5. The molecule has 0 atom stereocenters. The minimum atomic E-state index is 0.617. The Morgan fingerprint density at radius 3 is 1.28 bits per heavy atom. The lowest BCUT2D eigenvalue weighted by Crippen LogP contribution is -2.12. The zero-order valence-corrected chi connectivity index (χ0v) is 35.4. The van der Waals surface area contributed by atoms with Crippen LogP contribution in [0.3, 0.4) is 0 Å². The number of hydrogen-bond donors (Lipinski definition) is 0. The van der Waals surface area contributed by atoms with E-state index in [2.05, 4.69) is 211 Å². The molecule has 65 heavy (non-hydrogen) atoms. The van der Waals surface area contributed by atoms with Crippen LogP contribution >= 0.6 is 0 Å². The summed E-state index contributed by atoms with van der Waals surface area (Å²) < 4.78 is 0. The number of rotatable bonds is 9. The molecule has 4 nitrogen and oxygen atoms in total. The van der Waals surface area contributed by atoms with Gasteiger partial charge >= 0.3 is 0 Å². The van der Waals surface area contributed by atoms with Crippen molar-refractivity contribution in [3.05, 3.63) is 243 Å². The molecule has 10 aromatic carbocycles. The van der Waals surface area contributed by atoms with E-state index in [1.165, 1.54) is 33.0 Å². The predicted molar refractivity (Wildman–Crippen MR) is 269 cm³/mol. The molecule has 0 aliphatic heterocycles. The van der Waals surface area contributed by atoms with Crippen molar-refractivity contribution in [2.75, 3.05) is 4.90 Å². The van der Waals surface area contributed by atoms with Gasteiger partial charge in [0.05, 0.1) is 5.69 Å². The van der Waals surface area contributed by atoms with E-state index in [1.807, 2.05) is 36.4 Å². The van der Waals surface area contributed by atoms with Gasteiger partial charge in [-0.3, -0.25) is 0 Å². The van der Waals surface area contributed by atoms with Crippen molar-refractivity contribution in [2.45, 2.75) is 0 Å². The van der Waals surface area contributed by atoms with E-state index < -0.39 is 0 Å². The van der Waals surface area contributed by atoms with Crippen LogP contribution in [0.15, 0.2) is 243 Å². The first-order valence-electron chi connectivity index (χ1n) is 22.0. The van der Waals surface area contributed by atoms with Gasteiger partial charge in [-0.05, 0) is 85.6 Å². The maximum atomic E-state index is 5.34. The zero-order chi connectivity index (χ0) is 43.1. The molecule has 0 radical (unpaired) electrons. The molecule has 0 unspecified atom stereocenters. The molecule has 0 N–H and O–H groups in total. The van der Waals surface area contributed by atoms with Crippen molar-refractivity contribution in [3.63, 3.8) is 0 Å². The number of fused-ring (bicyclic) bond motifs is 3. The van der Waals surface area contributed by atoms with Crippen LogP contribution in [0, 0.1) is 0 Å². The number of hydrogen-bond acceptors (Lipinski definition) is 4. The molecule has 0 spiro atoms. The summed E-state index contributed by atoms with van der Waals surface area (Å²) in [5, 5.41) is 2.44. The summed E-state index contributed by atoms with van der Waals surface area (Å²) >= 11 is 0. The lowest BCUT2D eigenvalue weighted by molar-refractivity contribution is 1.07. The number of para-hydroxylation sites is 1. The average Bonchev–Trinajstić information content (AvgIpc) is 3.72. The van der Waals surface area contributed by atoms with Crippen molar-refractivity contribution in [3.8, 4) is 89.8 Å². The molecule has 0 saturated carbocycles. The van der Waals surface area contributed by atoms with Crippen LogP contribution in [0.25, 0.3) is 101 Å². The third kappa shape index (κ3) is 6.95. The van der Waals surface area contributed by atoms with Gasteiger partial charge in [-0.1, -0.05) is 212 Å². The highest BCUT2D eigenvalue weighted by Crippen LogP contribution is 2.54. The highest BCUT2D eigenvalue weighted by Gasteiger charge is 2.29. The fourth-order valence-electron chi connectivity index (χ4n) is 9.38. The van der Waals surface area contributed by atoms with Crippen LogP contribution in [-0.4, -0.2) is 15.0 Å². The second-order valence-electron chi connectivity index (χ2n) is 16.4. The molecule has 0 saturated heterocycles. The Bertz CT molecular complexity index is 3440. The van der Waals surface area contributed by atoms with E-state index in [-0.39, 0.29) is 0 Å². The van der Waals surface area contributed by atoms with E-state index in [9.17, 15) is 0 Å². The highest BCUT2D eigenvalue weighted by molar-refractivity contribution is 6.18. The summed E-state index contributed by atoms with van der Waals surface area (Å²) in [5.41, 5.74) is 17.5. The monoisotopic (exact) mass is 828 g/mol. The van der Waals surface area contributed by atoms with Crippen LogP contribution in [0.4, 0.5) is 17.1 Å². The first-order chi connectivity index (χ1) is 32.2. The molecule has 0 fully saturated rings. The van der Waals surface area contributed by atoms with Gasteiger partial charge < -0.3 is 4.90 Å². The molecule has 11 aromatic rings. The Morgan fingerprint density at radius 2 is 0.692 bits per heavy atom. The first-order valence-corrected chi connectivity index (χ1v) is 22.0. The van der Waals surface area contributed by atoms with Gasteiger partial charge in [0.15, 0.2) is 17.5 Å². The molecule has 1 aromatic heterocycles. The van der Waals surface area contributed by atoms with Crippen LogP contribution in [0.1, 0.15) is 0 Å². The molecule has 1 aliphatic carbocycles. The molecule has 0 bridgehead atoms. The lowest BCUT2D eigenvalue weighted by Gasteiger charge is -2.29. The minimum Gasteiger partial charge on any atom is -0.310 e. The smallest absolute Gasteiger partial charge is 0.164 e. The van der Waals surface area contributed by atoms with Crippen molar-refractivity contribution in [2.24, 2.45) is 0 Å². The standard InChI is InChI=1S/C61H40N4/c1-5-17-41(18-6-1)42-31-33-43(34-32-42)44-35-37-49(38-36-44)65(56-30-14-13-27-51(56)45-19-7-2-8-20-45)50-39-54-52-28-15-25-46-26-16-29-53(57(46)52)58(54)55(40-50)61-63-59(47-21-9-3-10-22-47)62-60(64-61)48-23-11-4-12-24-48/h1-40H. The Balaban J connectivity index is 1.09. The topological polar surface area (TPSA) is 41.9 Å². The Kier molecular flexibility index (Phi) is 9.46. The number of aromatic nitrogens is 3. The summed E-state index contributed by atoms with van der Waals surface area (Å²) in [4.78, 5) is 18.2. The van der Waals surface area contributed by atoms with Gasteiger partial charge in [0.1, 0.15) is 0 Å². The van der Waals surface area contributed by atoms with Crippen molar-refractivity contribution < 1.29 is 0 Å². The molecule has 0 amide bonds. The van der Waals surface area contributed by atoms with E-state index in [0.29, 0.717) is 17.5 Å². The fourth-order valence-corrected chi connectivity index (χ4v) is 9.38. The quantitative estimate of drug-likeness (QED) is 0.145. The molecular weight excluding hydrogens is 789 g/mol. The van der Waals surface area contributed by atoms with Crippen LogP contribution in [-0.2, 0) is 0 Å². The lowest BCUT2D eigenvalue weighted by atomic mass is 9.95. The average molecular weight is 829 g/mol. The van der Waals surface area contributed by atoms with Gasteiger partial charge in [0, 0.05) is 39.2 Å². The molecule has 1 heterocycles. The fraction of sp³-hybridized carbons (Fsp3) is 0. The van der Waals surface area contributed by atoms with Crippen LogP contribution < -0.4 is 4.90 Å². The summed E-state index contributed by atoms with van der Waals surface area (Å²) in [7, 11) is 0. The van der Waals surface area contributed by atoms with E-state index >= 15 is 0 Å². The number of benzene rings is 10. The van der Waals surface area contributed by atoms with Gasteiger partial charge in [-0.25, -0.2) is 15.0 Å². The molecule has 304 valence electrons. The Morgan fingerprint density at radius 1 is 0.262 bits per heavy atom. The van der Waals surface area contributed by atoms with Crippen LogP contribution in [0.2, 0.25) is 0 Å². The molecular formula is C61H40N4. The van der Waals surface area contributed by atoms with E-state index in [1.54, 1.807) is 0 Å². The van der Waals surface area contributed by atoms with E-state index in [4.69, 9.17) is 15.0 Å². The van der Waals surface area contributed by atoms with E-state index in [0.717, 1.165) is 67.1 Å². The second kappa shape index (κ2) is 16.2. The maximum absolute atomic E-state index is 5.34.